The first kappa shape index (κ1) is 10.4. The van der Waals surface area contributed by atoms with Gasteiger partial charge in [0, 0.05) is 5.92 Å². The van der Waals surface area contributed by atoms with Gasteiger partial charge in [0.05, 0.1) is 5.56 Å². The van der Waals surface area contributed by atoms with Crippen molar-refractivity contribution in [3.8, 4) is 0 Å². The van der Waals surface area contributed by atoms with Gasteiger partial charge in [0.25, 0.3) is 0 Å². The summed E-state index contributed by atoms with van der Waals surface area (Å²) in [6.45, 7) is 3.17. The molecule has 0 radical (unpaired) electrons. The zero-order valence-electron chi connectivity index (χ0n) is 8.15. The number of carbonyl (C=O) groups excluding carboxylic acids is 1. The second kappa shape index (κ2) is 4.05. The van der Waals surface area contributed by atoms with E-state index in [0.29, 0.717) is 5.56 Å². The van der Waals surface area contributed by atoms with Crippen molar-refractivity contribution < 1.29 is 14.7 Å². The standard InChI is InChI=1S/C11H12O3/c1-7(8(2)12)9-5-3-4-6-10(9)11(13)14/h3-7H,1-2H3,(H,13,14). The fourth-order valence-corrected chi connectivity index (χ4v) is 1.29. The number of rotatable bonds is 3. The molecule has 3 heteroatoms. The van der Waals surface area contributed by atoms with Crippen LogP contribution in [0.15, 0.2) is 24.3 Å². The van der Waals surface area contributed by atoms with Gasteiger partial charge in [0.15, 0.2) is 0 Å². The van der Waals surface area contributed by atoms with E-state index in [1.807, 2.05) is 0 Å². The van der Waals surface area contributed by atoms with Crippen molar-refractivity contribution in [1.82, 2.24) is 0 Å². The van der Waals surface area contributed by atoms with Crippen LogP contribution in [0.3, 0.4) is 0 Å². The summed E-state index contributed by atoms with van der Waals surface area (Å²) < 4.78 is 0. The summed E-state index contributed by atoms with van der Waals surface area (Å²) in [6.07, 6.45) is 0. The zero-order chi connectivity index (χ0) is 10.7. The molecule has 1 rings (SSSR count). The highest BCUT2D eigenvalue weighted by Gasteiger charge is 2.17. The molecule has 3 nitrogen and oxygen atoms in total. The van der Waals surface area contributed by atoms with Gasteiger partial charge in [-0.1, -0.05) is 25.1 Å². The van der Waals surface area contributed by atoms with E-state index in [-0.39, 0.29) is 17.3 Å². The number of Topliss-reactive ketones (excluding diaryl/α,β-unsaturated/α-hetero) is 1. The van der Waals surface area contributed by atoms with Crippen LogP contribution in [0.1, 0.15) is 35.7 Å². The van der Waals surface area contributed by atoms with Crippen molar-refractivity contribution >= 4 is 11.8 Å². The van der Waals surface area contributed by atoms with Crippen LogP contribution in [-0.2, 0) is 4.79 Å². The molecule has 0 aliphatic heterocycles. The Morgan fingerprint density at radius 3 is 2.36 bits per heavy atom. The number of carboxylic acid groups (broad SMARTS) is 1. The van der Waals surface area contributed by atoms with Crippen LogP contribution in [0.5, 0.6) is 0 Å². The Morgan fingerprint density at radius 2 is 1.86 bits per heavy atom. The summed E-state index contributed by atoms with van der Waals surface area (Å²) >= 11 is 0. The maximum absolute atomic E-state index is 11.1. The molecule has 0 heterocycles. The van der Waals surface area contributed by atoms with Crippen molar-refractivity contribution in [3.05, 3.63) is 35.4 Å². The van der Waals surface area contributed by atoms with E-state index in [4.69, 9.17) is 5.11 Å². The Kier molecular flexibility index (Phi) is 3.02. The minimum atomic E-state index is -0.992. The molecule has 0 aliphatic rings. The van der Waals surface area contributed by atoms with Gasteiger partial charge in [-0.2, -0.15) is 0 Å². The number of hydrogen-bond donors (Lipinski definition) is 1. The van der Waals surface area contributed by atoms with E-state index < -0.39 is 5.97 Å². The highest BCUT2D eigenvalue weighted by molar-refractivity contribution is 5.93. The molecule has 0 fully saturated rings. The van der Waals surface area contributed by atoms with E-state index in [0.717, 1.165) is 0 Å². The highest BCUT2D eigenvalue weighted by atomic mass is 16.4. The van der Waals surface area contributed by atoms with Gasteiger partial charge in [-0.25, -0.2) is 4.79 Å². The number of hydrogen-bond acceptors (Lipinski definition) is 2. The molecule has 1 atom stereocenters. The second-order valence-corrected chi connectivity index (χ2v) is 3.22. The van der Waals surface area contributed by atoms with Crippen LogP contribution in [0.25, 0.3) is 0 Å². The highest BCUT2D eigenvalue weighted by Crippen LogP contribution is 2.20. The summed E-state index contributed by atoms with van der Waals surface area (Å²) in [5, 5.41) is 8.89. The lowest BCUT2D eigenvalue weighted by Gasteiger charge is -2.10. The second-order valence-electron chi connectivity index (χ2n) is 3.22. The molecule has 0 saturated carbocycles. The lowest BCUT2D eigenvalue weighted by Crippen LogP contribution is -2.10. The molecule has 0 aliphatic carbocycles. The molecular weight excluding hydrogens is 180 g/mol. The lowest BCUT2D eigenvalue weighted by molar-refractivity contribution is -0.118. The number of carbonyl (C=O) groups is 2. The van der Waals surface area contributed by atoms with Crippen LogP contribution >= 0.6 is 0 Å². The minimum absolute atomic E-state index is 0.0290. The van der Waals surface area contributed by atoms with E-state index in [9.17, 15) is 9.59 Å². The van der Waals surface area contributed by atoms with Crippen LogP contribution in [-0.4, -0.2) is 16.9 Å². The predicted molar refractivity (Wildman–Crippen MR) is 52.5 cm³/mol. The summed E-state index contributed by atoms with van der Waals surface area (Å²) in [5.74, 6) is -1.38. The topological polar surface area (TPSA) is 54.4 Å². The Balaban J connectivity index is 3.19. The van der Waals surface area contributed by atoms with E-state index in [2.05, 4.69) is 0 Å². The molecule has 0 spiro atoms. The normalized spacial score (nSPS) is 12.1. The molecule has 0 amide bonds. The van der Waals surface area contributed by atoms with Crippen LogP contribution < -0.4 is 0 Å². The molecular formula is C11H12O3. The van der Waals surface area contributed by atoms with Crippen LogP contribution in [0.4, 0.5) is 0 Å². The predicted octanol–water partition coefficient (Wildman–Crippen LogP) is 2.08. The first-order chi connectivity index (χ1) is 6.54. The SMILES string of the molecule is CC(=O)C(C)c1ccccc1C(=O)O. The Hall–Kier alpha value is -1.64. The van der Waals surface area contributed by atoms with Gasteiger partial charge in [0.2, 0.25) is 0 Å². The fourth-order valence-electron chi connectivity index (χ4n) is 1.29. The summed E-state index contributed by atoms with van der Waals surface area (Å²) in [5.41, 5.74) is 0.780. The molecule has 0 saturated heterocycles. The average molecular weight is 192 g/mol. The monoisotopic (exact) mass is 192 g/mol. The van der Waals surface area contributed by atoms with Crippen molar-refractivity contribution in [2.24, 2.45) is 0 Å². The van der Waals surface area contributed by atoms with Crippen LogP contribution in [0, 0.1) is 0 Å². The third-order valence-electron chi connectivity index (χ3n) is 2.27. The molecule has 0 aromatic heterocycles. The summed E-state index contributed by atoms with van der Waals surface area (Å²) in [4.78, 5) is 22.0. The maximum atomic E-state index is 11.1. The number of ketones is 1. The van der Waals surface area contributed by atoms with Crippen molar-refractivity contribution in [2.45, 2.75) is 19.8 Å². The van der Waals surface area contributed by atoms with Gasteiger partial charge >= 0.3 is 5.97 Å². The molecule has 1 N–H and O–H groups in total. The Labute approximate surface area is 82.4 Å². The first-order valence-electron chi connectivity index (χ1n) is 4.36. The smallest absolute Gasteiger partial charge is 0.335 e. The minimum Gasteiger partial charge on any atom is -0.478 e. The van der Waals surface area contributed by atoms with Gasteiger partial charge in [-0.05, 0) is 18.6 Å². The number of benzene rings is 1. The van der Waals surface area contributed by atoms with Gasteiger partial charge < -0.3 is 5.11 Å². The van der Waals surface area contributed by atoms with Gasteiger partial charge in [0.1, 0.15) is 5.78 Å². The van der Waals surface area contributed by atoms with E-state index >= 15 is 0 Å². The zero-order valence-corrected chi connectivity index (χ0v) is 8.15. The quantitative estimate of drug-likeness (QED) is 0.797. The third kappa shape index (κ3) is 1.99. The largest absolute Gasteiger partial charge is 0.478 e. The van der Waals surface area contributed by atoms with Crippen molar-refractivity contribution in [3.63, 3.8) is 0 Å². The maximum Gasteiger partial charge on any atom is 0.335 e. The molecule has 14 heavy (non-hydrogen) atoms. The van der Waals surface area contributed by atoms with Gasteiger partial charge in [-0.3, -0.25) is 4.79 Å². The third-order valence-corrected chi connectivity index (χ3v) is 2.27. The van der Waals surface area contributed by atoms with Gasteiger partial charge in [-0.15, -0.1) is 0 Å². The molecule has 1 aromatic carbocycles. The number of aromatic carboxylic acids is 1. The summed E-state index contributed by atoms with van der Waals surface area (Å²) in [6, 6.07) is 6.58. The van der Waals surface area contributed by atoms with E-state index in [1.54, 1.807) is 25.1 Å². The molecule has 0 bridgehead atoms. The molecule has 74 valence electrons. The average Bonchev–Trinajstić information content (AvgIpc) is 2.16. The summed E-state index contributed by atoms with van der Waals surface area (Å²) in [7, 11) is 0. The fraction of sp³-hybridized carbons (Fsp3) is 0.273. The van der Waals surface area contributed by atoms with E-state index in [1.165, 1.54) is 13.0 Å². The Bertz CT molecular complexity index is 369. The lowest BCUT2D eigenvalue weighted by atomic mass is 9.93. The number of carboxylic acids is 1. The van der Waals surface area contributed by atoms with Crippen molar-refractivity contribution in [2.75, 3.05) is 0 Å². The Morgan fingerprint density at radius 1 is 1.29 bits per heavy atom. The molecule has 1 aromatic rings. The first-order valence-corrected chi connectivity index (χ1v) is 4.36. The van der Waals surface area contributed by atoms with Crippen LogP contribution in [0.2, 0.25) is 0 Å². The molecule has 1 unspecified atom stereocenters. The van der Waals surface area contributed by atoms with Crippen molar-refractivity contribution in [1.29, 1.82) is 0 Å².